The van der Waals surface area contributed by atoms with Gasteiger partial charge >= 0.3 is 0 Å². The molecule has 1 atom stereocenters. The number of hydrogen-bond acceptors (Lipinski definition) is 2. The van der Waals surface area contributed by atoms with Gasteiger partial charge in [0.2, 0.25) is 0 Å². The van der Waals surface area contributed by atoms with Gasteiger partial charge in [0.1, 0.15) is 0 Å². The van der Waals surface area contributed by atoms with E-state index in [9.17, 15) is 4.79 Å². The maximum Gasteiger partial charge on any atom is 0.254 e. The topological polar surface area (TPSA) is 36.1 Å². The minimum Gasteiger partial charge on any atom is -0.361 e. The standard InChI is InChI=1S/C22H17ClN2OS/c23-18-4-1-14(2-5-18)20-21-15(9-12-27-21)8-11-25(20)22(26)17-3-6-19-16(13-17)7-10-24-19/h1-7,9-10,12-13,20,24H,8,11H2. The highest BCUT2D eigenvalue weighted by Crippen LogP contribution is 2.39. The summed E-state index contributed by atoms with van der Waals surface area (Å²) in [7, 11) is 0. The molecule has 0 aliphatic carbocycles. The fourth-order valence-corrected chi connectivity index (χ4v) is 5.07. The van der Waals surface area contributed by atoms with Crippen LogP contribution in [0.4, 0.5) is 0 Å². The molecule has 0 fully saturated rings. The first kappa shape index (κ1) is 16.6. The average molecular weight is 393 g/mol. The van der Waals surface area contributed by atoms with E-state index in [-0.39, 0.29) is 11.9 Å². The lowest BCUT2D eigenvalue weighted by Crippen LogP contribution is -2.40. The molecular weight excluding hydrogens is 376 g/mol. The summed E-state index contributed by atoms with van der Waals surface area (Å²) in [5, 5.41) is 3.88. The number of amides is 1. The van der Waals surface area contributed by atoms with Gasteiger partial charge in [-0.15, -0.1) is 11.3 Å². The molecule has 0 radical (unpaired) electrons. The lowest BCUT2D eigenvalue weighted by Gasteiger charge is -2.36. The van der Waals surface area contributed by atoms with Crippen LogP contribution in [0, 0.1) is 0 Å². The molecule has 0 saturated heterocycles. The first-order valence-corrected chi connectivity index (χ1v) is 10.2. The molecule has 3 nitrogen and oxygen atoms in total. The monoisotopic (exact) mass is 392 g/mol. The molecule has 27 heavy (non-hydrogen) atoms. The first-order valence-electron chi connectivity index (χ1n) is 8.90. The summed E-state index contributed by atoms with van der Waals surface area (Å²) in [6.07, 6.45) is 2.79. The molecule has 2 aromatic carbocycles. The summed E-state index contributed by atoms with van der Waals surface area (Å²) in [6.45, 7) is 0.709. The van der Waals surface area contributed by atoms with Crippen molar-refractivity contribution >= 4 is 39.7 Å². The lowest BCUT2D eigenvalue weighted by molar-refractivity contribution is 0.0698. The van der Waals surface area contributed by atoms with Gasteiger partial charge in [0.25, 0.3) is 5.91 Å². The third-order valence-electron chi connectivity index (χ3n) is 5.21. The van der Waals surface area contributed by atoms with Crippen molar-refractivity contribution in [1.29, 1.82) is 0 Å². The third kappa shape index (κ3) is 2.85. The van der Waals surface area contributed by atoms with Crippen LogP contribution in [0.2, 0.25) is 5.02 Å². The van der Waals surface area contributed by atoms with Gasteiger partial charge in [-0.2, -0.15) is 0 Å². The number of benzene rings is 2. The molecule has 0 bridgehead atoms. The van der Waals surface area contributed by atoms with E-state index in [0.717, 1.165) is 28.5 Å². The zero-order chi connectivity index (χ0) is 18.4. The van der Waals surface area contributed by atoms with E-state index in [2.05, 4.69) is 16.4 Å². The van der Waals surface area contributed by atoms with Crippen LogP contribution in [0.5, 0.6) is 0 Å². The summed E-state index contributed by atoms with van der Waals surface area (Å²) in [6, 6.07) is 17.8. The van der Waals surface area contributed by atoms with Crippen molar-refractivity contribution in [2.24, 2.45) is 0 Å². The Balaban J connectivity index is 1.58. The Morgan fingerprint density at radius 3 is 2.81 bits per heavy atom. The number of nitrogens with zero attached hydrogens (tertiary/aromatic N) is 1. The average Bonchev–Trinajstić information content (AvgIpc) is 3.35. The second-order valence-corrected chi connectivity index (χ2v) is 8.18. The molecule has 5 heteroatoms. The molecule has 1 unspecified atom stereocenters. The Hall–Kier alpha value is -2.56. The van der Waals surface area contributed by atoms with E-state index in [1.54, 1.807) is 11.3 Å². The van der Waals surface area contributed by atoms with Gasteiger partial charge in [-0.05, 0) is 65.4 Å². The van der Waals surface area contributed by atoms with Crippen molar-refractivity contribution in [1.82, 2.24) is 9.88 Å². The number of halogens is 1. The molecule has 4 aromatic rings. The van der Waals surface area contributed by atoms with Crippen LogP contribution in [0.1, 0.15) is 32.4 Å². The number of aromatic amines is 1. The first-order chi connectivity index (χ1) is 13.2. The number of H-pyrrole nitrogens is 1. The van der Waals surface area contributed by atoms with Gasteiger partial charge in [0.05, 0.1) is 6.04 Å². The number of hydrogen-bond donors (Lipinski definition) is 1. The maximum atomic E-state index is 13.4. The Morgan fingerprint density at radius 1 is 1.11 bits per heavy atom. The number of carbonyl (C=O) groups is 1. The van der Waals surface area contributed by atoms with Crippen LogP contribution in [0.25, 0.3) is 10.9 Å². The fourth-order valence-electron chi connectivity index (χ4n) is 3.85. The number of aromatic nitrogens is 1. The van der Waals surface area contributed by atoms with Crippen molar-refractivity contribution in [3.8, 4) is 0 Å². The number of thiophene rings is 1. The van der Waals surface area contributed by atoms with Gasteiger partial charge < -0.3 is 9.88 Å². The Labute approximate surface area is 166 Å². The smallest absolute Gasteiger partial charge is 0.254 e. The number of nitrogens with one attached hydrogen (secondary N) is 1. The molecule has 1 aliphatic rings. The van der Waals surface area contributed by atoms with Crippen molar-refractivity contribution < 1.29 is 4.79 Å². The van der Waals surface area contributed by atoms with E-state index in [1.165, 1.54) is 10.4 Å². The molecule has 1 amide bonds. The van der Waals surface area contributed by atoms with Gasteiger partial charge in [-0.3, -0.25) is 4.79 Å². The second kappa shape index (κ2) is 6.55. The van der Waals surface area contributed by atoms with Crippen LogP contribution in [-0.2, 0) is 6.42 Å². The van der Waals surface area contributed by atoms with E-state index >= 15 is 0 Å². The zero-order valence-electron chi connectivity index (χ0n) is 14.5. The SMILES string of the molecule is O=C(c1ccc2[nH]ccc2c1)N1CCc2ccsc2C1c1ccc(Cl)cc1. The molecule has 2 aromatic heterocycles. The van der Waals surface area contributed by atoms with Gasteiger partial charge in [0, 0.05) is 39.1 Å². The summed E-state index contributed by atoms with van der Waals surface area (Å²) in [4.78, 5) is 19.9. The second-order valence-electron chi connectivity index (χ2n) is 6.79. The molecule has 0 spiro atoms. The molecule has 5 rings (SSSR count). The number of fused-ring (bicyclic) bond motifs is 2. The molecule has 1 N–H and O–H groups in total. The highest BCUT2D eigenvalue weighted by molar-refractivity contribution is 7.10. The molecule has 3 heterocycles. The molecule has 134 valence electrons. The Morgan fingerprint density at radius 2 is 1.96 bits per heavy atom. The van der Waals surface area contributed by atoms with E-state index in [4.69, 9.17) is 11.6 Å². The summed E-state index contributed by atoms with van der Waals surface area (Å²) in [5.74, 6) is 0.0668. The van der Waals surface area contributed by atoms with Crippen LogP contribution in [0.15, 0.2) is 66.2 Å². The van der Waals surface area contributed by atoms with E-state index < -0.39 is 0 Å². The van der Waals surface area contributed by atoms with Gasteiger partial charge in [-0.1, -0.05) is 23.7 Å². The number of rotatable bonds is 2. The molecular formula is C22H17ClN2OS. The summed E-state index contributed by atoms with van der Waals surface area (Å²) < 4.78 is 0. The largest absolute Gasteiger partial charge is 0.361 e. The predicted octanol–water partition coefficient (Wildman–Crippen LogP) is 5.67. The highest BCUT2D eigenvalue weighted by atomic mass is 35.5. The van der Waals surface area contributed by atoms with Crippen molar-refractivity contribution in [3.63, 3.8) is 0 Å². The minimum absolute atomic E-state index is 0.0668. The molecule has 1 aliphatic heterocycles. The van der Waals surface area contributed by atoms with Crippen LogP contribution in [0.3, 0.4) is 0 Å². The predicted molar refractivity (Wildman–Crippen MR) is 111 cm³/mol. The highest BCUT2D eigenvalue weighted by Gasteiger charge is 2.33. The normalized spacial score (nSPS) is 16.5. The van der Waals surface area contributed by atoms with Crippen molar-refractivity contribution in [2.75, 3.05) is 6.54 Å². The lowest BCUT2D eigenvalue weighted by atomic mass is 9.94. The van der Waals surface area contributed by atoms with E-state index in [0.29, 0.717) is 11.6 Å². The van der Waals surface area contributed by atoms with Crippen LogP contribution in [-0.4, -0.2) is 22.3 Å². The Kier molecular flexibility index (Phi) is 4.03. The minimum atomic E-state index is -0.0690. The van der Waals surface area contributed by atoms with Crippen molar-refractivity contribution in [3.05, 3.63) is 92.8 Å². The van der Waals surface area contributed by atoms with Crippen molar-refractivity contribution in [2.45, 2.75) is 12.5 Å². The van der Waals surface area contributed by atoms with E-state index in [1.807, 2.05) is 59.6 Å². The summed E-state index contributed by atoms with van der Waals surface area (Å²) in [5.41, 5.74) is 4.20. The maximum absolute atomic E-state index is 13.4. The fraction of sp³-hybridized carbons (Fsp3) is 0.136. The van der Waals surface area contributed by atoms with Gasteiger partial charge in [0.15, 0.2) is 0 Å². The van der Waals surface area contributed by atoms with Crippen LogP contribution >= 0.6 is 22.9 Å². The quantitative estimate of drug-likeness (QED) is 0.468. The third-order valence-corrected chi connectivity index (χ3v) is 6.47. The number of carbonyl (C=O) groups excluding carboxylic acids is 1. The summed E-state index contributed by atoms with van der Waals surface area (Å²) >= 11 is 7.81. The van der Waals surface area contributed by atoms with Gasteiger partial charge in [-0.25, -0.2) is 0 Å². The van der Waals surface area contributed by atoms with Crippen LogP contribution < -0.4 is 0 Å². The Bertz CT molecular complexity index is 1130. The molecule has 0 saturated carbocycles. The zero-order valence-corrected chi connectivity index (χ0v) is 16.1.